The quantitative estimate of drug-likeness (QED) is 0.759. The number of amides is 1. The van der Waals surface area contributed by atoms with Crippen molar-refractivity contribution >= 4 is 17.3 Å². The van der Waals surface area contributed by atoms with E-state index in [1.807, 2.05) is 37.5 Å². The molecule has 0 aliphatic heterocycles. The van der Waals surface area contributed by atoms with Crippen LogP contribution in [0.2, 0.25) is 0 Å². The maximum absolute atomic E-state index is 12.1. The van der Waals surface area contributed by atoms with E-state index in [-0.39, 0.29) is 5.91 Å². The molecule has 3 aromatic rings. The highest BCUT2D eigenvalue weighted by atomic mass is 16.1. The van der Waals surface area contributed by atoms with Crippen LogP contribution >= 0.6 is 0 Å². The number of nitrogens with zero attached hydrogens (tertiary/aromatic N) is 3. The molecule has 0 fully saturated rings. The molecule has 0 spiro atoms. The highest BCUT2D eigenvalue weighted by molar-refractivity contribution is 5.94. The van der Waals surface area contributed by atoms with Crippen LogP contribution in [0.1, 0.15) is 15.9 Å². The summed E-state index contributed by atoms with van der Waals surface area (Å²) < 4.78 is 1.71. The number of carbonyl (C=O) groups excluding carboxylic acids is 1. The number of aryl methyl sites for hydroxylation is 1. The number of hydrogen-bond acceptors (Lipinski definition) is 4. The highest BCUT2D eigenvalue weighted by Gasteiger charge is 2.06. The Morgan fingerprint density at radius 2 is 1.78 bits per heavy atom. The van der Waals surface area contributed by atoms with Gasteiger partial charge in [-0.15, -0.1) is 0 Å². The molecule has 2 aromatic heterocycles. The number of carbonyl (C=O) groups is 1. The fourth-order valence-corrected chi connectivity index (χ4v) is 2.15. The summed E-state index contributed by atoms with van der Waals surface area (Å²) in [6.45, 7) is 0.462. The minimum atomic E-state index is -0.107. The van der Waals surface area contributed by atoms with Crippen LogP contribution in [0.3, 0.4) is 0 Å². The molecule has 0 saturated heterocycles. The highest BCUT2D eigenvalue weighted by Crippen LogP contribution is 2.16. The minimum Gasteiger partial charge on any atom is -0.355 e. The van der Waals surface area contributed by atoms with Crippen LogP contribution in [-0.2, 0) is 13.6 Å². The summed E-state index contributed by atoms with van der Waals surface area (Å²) in [5, 5.41) is 10.2. The summed E-state index contributed by atoms with van der Waals surface area (Å²) in [5.41, 5.74) is 3.46. The molecular weight excluding hydrogens is 290 g/mol. The normalized spacial score (nSPS) is 10.3. The summed E-state index contributed by atoms with van der Waals surface area (Å²) in [7, 11) is 1.85. The third kappa shape index (κ3) is 3.94. The van der Waals surface area contributed by atoms with E-state index in [2.05, 4.69) is 20.7 Å². The minimum absolute atomic E-state index is 0.107. The Bertz CT molecular complexity index is 780. The SMILES string of the molecule is Cn1cc(CNC(=O)c2ccc(Nc3ccncc3)cc2)cn1. The molecule has 2 heterocycles. The van der Waals surface area contributed by atoms with Crippen molar-refractivity contribution < 1.29 is 4.79 Å². The summed E-state index contributed by atoms with van der Waals surface area (Å²) in [5.74, 6) is -0.107. The summed E-state index contributed by atoms with van der Waals surface area (Å²) in [6, 6.07) is 11.1. The van der Waals surface area contributed by atoms with Crippen molar-refractivity contribution in [1.29, 1.82) is 0 Å². The van der Waals surface area contributed by atoms with Crippen LogP contribution < -0.4 is 10.6 Å². The molecule has 6 nitrogen and oxygen atoms in total. The molecule has 1 amide bonds. The standard InChI is InChI=1S/C17H17N5O/c1-22-12-13(11-20-22)10-19-17(23)14-2-4-15(5-3-14)21-16-6-8-18-9-7-16/h2-9,11-12H,10H2,1H3,(H,18,21)(H,19,23). The fourth-order valence-electron chi connectivity index (χ4n) is 2.15. The monoisotopic (exact) mass is 307 g/mol. The molecule has 0 radical (unpaired) electrons. The maximum atomic E-state index is 12.1. The summed E-state index contributed by atoms with van der Waals surface area (Å²) in [4.78, 5) is 16.1. The van der Waals surface area contributed by atoms with E-state index < -0.39 is 0 Å². The van der Waals surface area contributed by atoms with Gasteiger partial charge in [0.15, 0.2) is 0 Å². The summed E-state index contributed by atoms with van der Waals surface area (Å²) in [6.07, 6.45) is 7.06. The Hall–Kier alpha value is -3.15. The average Bonchev–Trinajstić information content (AvgIpc) is 3.00. The second kappa shape index (κ2) is 6.74. The van der Waals surface area contributed by atoms with Gasteiger partial charge in [0.25, 0.3) is 5.91 Å². The van der Waals surface area contributed by atoms with Gasteiger partial charge in [-0.2, -0.15) is 5.10 Å². The molecule has 0 saturated carbocycles. The van der Waals surface area contributed by atoms with E-state index in [0.29, 0.717) is 12.1 Å². The molecule has 0 unspecified atom stereocenters. The van der Waals surface area contributed by atoms with Crippen molar-refractivity contribution in [2.75, 3.05) is 5.32 Å². The number of hydrogen-bond donors (Lipinski definition) is 2. The number of aromatic nitrogens is 3. The molecule has 0 aliphatic rings. The molecule has 0 aliphatic carbocycles. The van der Waals surface area contributed by atoms with Gasteiger partial charge in [-0.3, -0.25) is 14.5 Å². The molecular formula is C17H17N5O. The first kappa shape index (κ1) is 14.8. The third-order valence-corrected chi connectivity index (χ3v) is 3.33. The average molecular weight is 307 g/mol. The van der Waals surface area contributed by atoms with E-state index >= 15 is 0 Å². The van der Waals surface area contributed by atoms with Crippen molar-refractivity contribution in [3.05, 3.63) is 72.3 Å². The largest absolute Gasteiger partial charge is 0.355 e. The Morgan fingerprint density at radius 1 is 1.09 bits per heavy atom. The van der Waals surface area contributed by atoms with Crippen molar-refractivity contribution in [3.63, 3.8) is 0 Å². The van der Waals surface area contributed by atoms with E-state index in [1.165, 1.54) is 0 Å². The molecule has 2 N–H and O–H groups in total. The lowest BCUT2D eigenvalue weighted by molar-refractivity contribution is 0.0951. The van der Waals surface area contributed by atoms with Gasteiger partial charge in [-0.25, -0.2) is 0 Å². The van der Waals surface area contributed by atoms with Crippen molar-refractivity contribution in [2.24, 2.45) is 7.05 Å². The zero-order chi connectivity index (χ0) is 16.1. The lowest BCUT2D eigenvalue weighted by Gasteiger charge is -2.07. The summed E-state index contributed by atoms with van der Waals surface area (Å²) >= 11 is 0. The van der Waals surface area contributed by atoms with Gasteiger partial charge < -0.3 is 10.6 Å². The van der Waals surface area contributed by atoms with Crippen molar-refractivity contribution in [2.45, 2.75) is 6.54 Å². The number of nitrogens with one attached hydrogen (secondary N) is 2. The van der Waals surface area contributed by atoms with Gasteiger partial charge >= 0.3 is 0 Å². The topological polar surface area (TPSA) is 71.8 Å². The van der Waals surface area contributed by atoms with Gasteiger partial charge in [0.2, 0.25) is 0 Å². The lowest BCUT2D eigenvalue weighted by Crippen LogP contribution is -2.22. The van der Waals surface area contributed by atoms with Gasteiger partial charge in [-0.05, 0) is 36.4 Å². The molecule has 0 atom stereocenters. The van der Waals surface area contributed by atoms with Crippen LogP contribution in [0, 0.1) is 0 Å². The first-order valence-electron chi connectivity index (χ1n) is 7.23. The van der Waals surface area contributed by atoms with Gasteiger partial charge in [0.1, 0.15) is 0 Å². The first-order chi connectivity index (χ1) is 11.2. The Kier molecular flexibility index (Phi) is 4.33. The molecule has 1 aromatic carbocycles. The zero-order valence-corrected chi connectivity index (χ0v) is 12.7. The number of anilines is 2. The van der Waals surface area contributed by atoms with Gasteiger partial charge in [-0.1, -0.05) is 0 Å². The van der Waals surface area contributed by atoms with E-state index in [4.69, 9.17) is 0 Å². The van der Waals surface area contributed by atoms with E-state index in [9.17, 15) is 4.79 Å². The van der Waals surface area contributed by atoms with E-state index in [1.54, 1.807) is 35.4 Å². The van der Waals surface area contributed by atoms with E-state index in [0.717, 1.165) is 16.9 Å². The second-order valence-electron chi connectivity index (χ2n) is 5.14. The first-order valence-corrected chi connectivity index (χ1v) is 7.23. The second-order valence-corrected chi connectivity index (χ2v) is 5.14. The number of pyridine rings is 1. The van der Waals surface area contributed by atoms with Crippen LogP contribution in [0.25, 0.3) is 0 Å². The van der Waals surface area contributed by atoms with Gasteiger partial charge in [0, 0.05) is 54.7 Å². The molecule has 0 bridgehead atoms. The predicted octanol–water partition coefficient (Wildman–Crippen LogP) is 2.49. The lowest BCUT2D eigenvalue weighted by atomic mass is 10.2. The fraction of sp³-hybridized carbons (Fsp3) is 0.118. The van der Waals surface area contributed by atoms with Gasteiger partial charge in [0.05, 0.1) is 6.20 Å². The number of rotatable bonds is 5. The van der Waals surface area contributed by atoms with Crippen LogP contribution in [-0.4, -0.2) is 20.7 Å². The molecule has 6 heteroatoms. The van der Waals surface area contributed by atoms with Crippen molar-refractivity contribution in [1.82, 2.24) is 20.1 Å². The number of benzene rings is 1. The van der Waals surface area contributed by atoms with Crippen LogP contribution in [0.5, 0.6) is 0 Å². The zero-order valence-electron chi connectivity index (χ0n) is 12.7. The smallest absolute Gasteiger partial charge is 0.251 e. The van der Waals surface area contributed by atoms with Crippen LogP contribution in [0.15, 0.2) is 61.2 Å². The maximum Gasteiger partial charge on any atom is 0.251 e. The third-order valence-electron chi connectivity index (χ3n) is 3.33. The molecule has 116 valence electrons. The Labute approximate surface area is 134 Å². The van der Waals surface area contributed by atoms with Crippen LogP contribution in [0.4, 0.5) is 11.4 Å². The van der Waals surface area contributed by atoms with Crippen molar-refractivity contribution in [3.8, 4) is 0 Å². The molecule has 23 heavy (non-hydrogen) atoms. The Morgan fingerprint density at radius 3 is 2.43 bits per heavy atom. The Balaban J connectivity index is 1.59. The molecule has 3 rings (SSSR count). The predicted molar refractivity (Wildman–Crippen MR) is 88.3 cm³/mol.